The minimum absolute atomic E-state index is 0.705. The molecule has 0 aliphatic heterocycles. The molecule has 0 fully saturated rings. The minimum atomic E-state index is 0.705. The van der Waals surface area contributed by atoms with Crippen LogP contribution in [0, 0.1) is 0 Å². The van der Waals surface area contributed by atoms with Crippen molar-refractivity contribution in [2.45, 2.75) is 12.8 Å². The van der Waals surface area contributed by atoms with Crippen molar-refractivity contribution in [3.05, 3.63) is 54.6 Å². The van der Waals surface area contributed by atoms with Gasteiger partial charge in [0.1, 0.15) is 16.9 Å². The Kier molecular flexibility index (Phi) is 4.30. The second-order valence-corrected chi connectivity index (χ2v) is 5.69. The van der Waals surface area contributed by atoms with Gasteiger partial charge in [0.05, 0.1) is 6.61 Å². The maximum absolute atomic E-state index is 5.94. The zero-order valence-corrected chi connectivity index (χ0v) is 13.4. The largest absolute Gasteiger partial charge is 0.493 e. The van der Waals surface area contributed by atoms with E-state index in [1.165, 1.54) is 0 Å². The predicted octanol–water partition coefficient (Wildman–Crippen LogP) is 5.48. The predicted molar refractivity (Wildman–Crippen MR) is 91.5 cm³/mol. The van der Waals surface area contributed by atoms with Crippen molar-refractivity contribution in [2.75, 3.05) is 11.9 Å². The number of hydrogen-bond donors (Lipinski definition) is 0. The van der Waals surface area contributed by atoms with Gasteiger partial charge in [0, 0.05) is 21.7 Å². The Hall–Kier alpha value is -1.74. The van der Waals surface area contributed by atoms with Crippen LogP contribution in [0.15, 0.2) is 53.5 Å². The van der Waals surface area contributed by atoms with Crippen molar-refractivity contribution in [1.82, 2.24) is 0 Å². The van der Waals surface area contributed by atoms with E-state index in [1.54, 1.807) is 0 Å². The second-order valence-electron chi connectivity index (χ2n) is 4.90. The van der Waals surface area contributed by atoms with Gasteiger partial charge in [-0.2, -0.15) is 0 Å². The van der Waals surface area contributed by atoms with E-state index >= 15 is 0 Å². The summed E-state index contributed by atoms with van der Waals surface area (Å²) in [4.78, 5) is 0. The van der Waals surface area contributed by atoms with Crippen LogP contribution in [0.2, 0.25) is 0 Å². The standard InChI is InChI=1S/C18H17BrO2/c1-2-6-13-15(20-12-5-11-19)9-10-17-18(13)14-7-3-4-8-16(14)21-17/h2-4,7-10H,1,5-6,11-12H2. The van der Waals surface area contributed by atoms with E-state index < -0.39 is 0 Å². The smallest absolute Gasteiger partial charge is 0.135 e. The lowest BCUT2D eigenvalue weighted by atomic mass is 10.0. The van der Waals surface area contributed by atoms with Gasteiger partial charge in [0.25, 0.3) is 0 Å². The molecule has 0 aliphatic carbocycles. The van der Waals surface area contributed by atoms with E-state index in [9.17, 15) is 0 Å². The van der Waals surface area contributed by atoms with Crippen molar-refractivity contribution >= 4 is 37.9 Å². The van der Waals surface area contributed by atoms with Crippen LogP contribution < -0.4 is 4.74 Å². The third-order valence-electron chi connectivity index (χ3n) is 3.49. The first kappa shape index (κ1) is 14.2. The number of fused-ring (bicyclic) bond motifs is 3. The van der Waals surface area contributed by atoms with E-state index in [1.807, 2.05) is 36.4 Å². The van der Waals surface area contributed by atoms with Crippen molar-refractivity contribution in [3.63, 3.8) is 0 Å². The average molecular weight is 345 g/mol. The van der Waals surface area contributed by atoms with Gasteiger partial charge in [-0.05, 0) is 31.0 Å². The summed E-state index contributed by atoms with van der Waals surface area (Å²) in [6.45, 7) is 4.58. The lowest BCUT2D eigenvalue weighted by molar-refractivity contribution is 0.317. The number of rotatable bonds is 6. The second kappa shape index (κ2) is 6.35. The van der Waals surface area contributed by atoms with Gasteiger partial charge in [-0.3, -0.25) is 0 Å². The van der Waals surface area contributed by atoms with Gasteiger partial charge in [0.15, 0.2) is 0 Å². The molecule has 3 rings (SSSR count). The number of halogens is 1. The van der Waals surface area contributed by atoms with Gasteiger partial charge in [-0.15, -0.1) is 6.58 Å². The Morgan fingerprint density at radius 2 is 2.00 bits per heavy atom. The van der Waals surface area contributed by atoms with Gasteiger partial charge in [0.2, 0.25) is 0 Å². The fraction of sp³-hybridized carbons (Fsp3) is 0.222. The Bertz CT molecular complexity index is 773. The molecule has 108 valence electrons. The fourth-order valence-corrected chi connectivity index (χ4v) is 2.82. The summed E-state index contributed by atoms with van der Waals surface area (Å²) < 4.78 is 11.9. The Morgan fingerprint density at radius 1 is 1.14 bits per heavy atom. The van der Waals surface area contributed by atoms with Crippen LogP contribution in [-0.2, 0) is 6.42 Å². The molecule has 0 N–H and O–H groups in total. The molecule has 0 amide bonds. The summed E-state index contributed by atoms with van der Waals surface area (Å²) in [6, 6.07) is 12.1. The Labute approximate surface area is 132 Å². The van der Waals surface area contributed by atoms with E-state index in [0.717, 1.165) is 51.4 Å². The molecule has 21 heavy (non-hydrogen) atoms. The van der Waals surface area contributed by atoms with Crippen LogP contribution in [0.4, 0.5) is 0 Å². The summed E-state index contributed by atoms with van der Waals surface area (Å²) >= 11 is 3.43. The number of para-hydroxylation sites is 1. The number of alkyl halides is 1. The van der Waals surface area contributed by atoms with Gasteiger partial charge in [-0.25, -0.2) is 0 Å². The van der Waals surface area contributed by atoms with Crippen LogP contribution in [-0.4, -0.2) is 11.9 Å². The van der Waals surface area contributed by atoms with Crippen molar-refractivity contribution in [3.8, 4) is 5.75 Å². The molecular weight excluding hydrogens is 328 g/mol. The minimum Gasteiger partial charge on any atom is -0.493 e. The van der Waals surface area contributed by atoms with Gasteiger partial charge >= 0.3 is 0 Å². The summed E-state index contributed by atoms with van der Waals surface area (Å²) in [7, 11) is 0. The van der Waals surface area contributed by atoms with Gasteiger partial charge < -0.3 is 9.15 Å². The highest BCUT2D eigenvalue weighted by atomic mass is 79.9. The first-order valence-corrected chi connectivity index (χ1v) is 8.20. The molecule has 3 aromatic rings. The molecule has 2 aromatic carbocycles. The van der Waals surface area contributed by atoms with Crippen molar-refractivity contribution in [1.29, 1.82) is 0 Å². The molecule has 1 aromatic heterocycles. The third-order valence-corrected chi connectivity index (χ3v) is 4.05. The van der Waals surface area contributed by atoms with Crippen LogP contribution in [0.25, 0.3) is 21.9 Å². The molecule has 0 bridgehead atoms. The maximum Gasteiger partial charge on any atom is 0.135 e. The SMILES string of the molecule is C=CCc1c(OCCCBr)ccc2oc3ccccc3c12. The van der Waals surface area contributed by atoms with Gasteiger partial charge in [-0.1, -0.05) is 40.2 Å². The molecule has 0 saturated carbocycles. The molecule has 0 saturated heterocycles. The highest BCUT2D eigenvalue weighted by molar-refractivity contribution is 9.09. The lowest BCUT2D eigenvalue weighted by Crippen LogP contribution is -2.00. The Balaban J connectivity index is 2.17. The average Bonchev–Trinajstić information content (AvgIpc) is 2.88. The number of furan rings is 1. The van der Waals surface area contributed by atoms with Crippen LogP contribution in [0.1, 0.15) is 12.0 Å². The van der Waals surface area contributed by atoms with E-state index in [0.29, 0.717) is 6.61 Å². The number of hydrogen-bond acceptors (Lipinski definition) is 2. The summed E-state index contributed by atoms with van der Waals surface area (Å²) in [5.41, 5.74) is 2.97. The molecule has 1 heterocycles. The number of allylic oxidation sites excluding steroid dienone is 1. The molecule has 0 spiro atoms. The Morgan fingerprint density at radius 3 is 2.81 bits per heavy atom. The lowest BCUT2D eigenvalue weighted by Gasteiger charge is -2.11. The first-order valence-electron chi connectivity index (χ1n) is 7.08. The van der Waals surface area contributed by atoms with E-state index in [2.05, 4.69) is 28.6 Å². The maximum atomic E-state index is 5.94. The fourth-order valence-electron chi connectivity index (χ4n) is 2.59. The normalized spacial score (nSPS) is 11.1. The summed E-state index contributed by atoms with van der Waals surface area (Å²) in [5.74, 6) is 0.926. The van der Waals surface area contributed by atoms with Crippen molar-refractivity contribution < 1.29 is 9.15 Å². The monoisotopic (exact) mass is 344 g/mol. The molecule has 0 radical (unpaired) electrons. The quantitative estimate of drug-likeness (QED) is 0.335. The molecular formula is C18H17BrO2. The highest BCUT2D eigenvalue weighted by Crippen LogP contribution is 2.36. The summed E-state index contributed by atoms with van der Waals surface area (Å²) in [5, 5.41) is 3.22. The van der Waals surface area contributed by atoms with E-state index in [4.69, 9.17) is 9.15 Å². The molecule has 2 nitrogen and oxygen atoms in total. The topological polar surface area (TPSA) is 22.4 Å². The van der Waals surface area contributed by atoms with Crippen LogP contribution >= 0.6 is 15.9 Å². The van der Waals surface area contributed by atoms with Crippen LogP contribution in [0.5, 0.6) is 5.75 Å². The summed E-state index contributed by atoms with van der Waals surface area (Å²) in [6.07, 6.45) is 3.66. The molecule has 0 aliphatic rings. The third kappa shape index (κ3) is 2.70. The highest BCUT2D eigenvalue weighted by Gasteiger charge is 2.14. The number of ether oxygens (including phenoxy) is 1. The molecule has 0 atom stereocenters. The zero-order chi connectivity index (χ0) is 14.7. The van der Waals surface area contributed by atoms with Crippen LogP contribution in [0.3, 0.4) is 0 Å². The zero-order valence-electron chi connectivity index (χ0n) is 11.8. The van der Waals surface area contributed by atoms with Crippen molar-refractivity contribution in [2.24, 2.45) is 0 Å². The number of benzene rings is 2. The molecule has 0 unspecified atom stereocenters. The first-order chi connectivity index (χ1) is 10.3. The molecule has 3 heteroatoms. The van der Waals surface area contributed by atoms with E-state index in [-0.39, 0.29) is 0 Å².